The van der Waals surface area contributed by atoms with Crippen LogP contribution >= 0.6 is 11.6 Å². The van der Waals surface area contributed by atoms with Crippen LogP contribution in [0.1, 0.15) is 17.3 Å². The molecule has 0 saturated heterocycles. The zero-order valence-electron chi connectivity index (χ0n) is 8.44. The summed E-state index contributed by atoms with van der Waals surface area (Å²) >= 11 is 5.67. The first-order valence-corrected chi connectivity index (χ1v) is 6.27. The van der Waals surface area contributed by atoms with Crippen molar-refractivity contribution in [3.63, 3.8) is 0 Å². The minimum atomic E-state index is -3.89. The molecule has 0 spiro atoms. The fraction of sp³-hybridized carbons (Fsp3) is 0.222. The molecule has 0 aliphatic heterocycles. The van der Waals surface area contributed by atoms with E-state index < -0.39 is 16.0 Å². The molecule has 0 atom stereocenters. The highest BCUT2D eigenvalue weighted by Gasteiger charge is 2.14. The number of esters is 1. The predicted molar refractivity (Wildman–Crippen MR) is 58.8 cm³/mol. The summed E-state index contributed by atoms with van der Waals surface area (Å²) in [6, 6.07) is 3.60. The second-order valence-corrected chi connectivity index (χ2v) is 4.94. The van der Waals surface area contributed by atoms with Gasteiger partial charge in [-0.05, 0) is 25.1 Å². The third-order valence-corrected chi connectivity index (χ3v) is 2.82. The summed E-state index contributed by atoms with van der Waals surface area (Å²) in [5, 5.41) is 5.04. The molecule has 2 N–H and O–H groups in total. The monoisotopic (exact) mass is 263 g/mol. The van der Waals surface area contributed by atoms with Gasteiger partial charge in [0.05, 0.1) is 17.1 Å². The SMILES string of the molecule is CCOC(=O)c1cc(Cl)cc(S(N)(=O)=O)c1. The van der Waals surface area contributed by atoms with Gasteiger partial charge >= 0.3 is 5.97 Å². The number of ether oxygens (including phenoxy) is 1. The van der Waals surface area contributed by atoms with Crippen LogP contribution < -0.4 is 5.14 Å². The van der Waals surface area contributed by atoms with E-state index in [1.807, 2.05) is 0 Å². The van der Waals surface area contributed by atoms with Crippen LogP contribution in [0.25, 0.3) is 0 Å². The lowest BCUT2D eigenvalue weighted by Gasteiger charge is -2.04. The number of carbonyl (C=O) groups excluding carboxylic acids is 1. The molecule has 0 aromatic heterocycles. The quantitative estimate of drug-likeness (QED) is 0.829. The zero-order chi connectivity index (χ0) is 12.3. The van der Waals surface area contributed by atoms with Gasteiger partial charge in [0.1, 0.15) is 0 Å². The summed E-state index contributed by atoms with van der Waals surface area (Å²) in [5.41, 5.74) is 0.0541. The van der Waals surface area contributed by atoms with Crippen molar-refractivity contribution in [3.05, 3.63) is 28.8 Å². The molecule has 0 radical (unpaired) electrons. The van der Waals surface area contributed by atoms with Gasteiger partial charge in [0.25, 0.3) is 0 Å². The van der Waals surface area contributed by atoms with Crippen LogP contribution in [0.5, 0.6) is 0 Å². The number of primary sulfonamides is 1. The van der Waals surface area contributed by atoms with Gasteiger partial charge in [-0.1, -0.05) is 11.6 Å². The minimum absolute atomic E-state index is 0.0541. The number of rotatable bonds is 3. The summed E-state index contributed by atoms with van der Waals surface area (Å²) in [6.45, 7) is 1.83. The summed E-state index contributed by atoms with van der Waals surface area (Å²) < 4.78 is 26.9. The highest BCUT2D eigenvalue weighted by atomic mass is 35.5. The maximum absolute atomic E-state index is 11.4. The van der Waals surface area contributed by atoms with E-state index in [2.05, 4.69) is 0 Å². The largest absolute Gasteiger partial charge is 0.462 e. The fourth-order valence-corrected chi connectivity index (χ4v) is 1.94. The van der Waals surface area contributed by atoms with E-state index in [0.29, 0.717) is 0 Å². The topological polar surface area (TPSA) is 86.5 Å². The Labute approximate surface area is 98.2 Å². The smallest absolute Gasteiger partial charge is 0.338 e. The van der Waals surface area contributed by atoms with Crippen molar-refractivity contribution in [1.82, 2.24) is 0 Å². The first-order valence-electron chi connectivity index (χ1n) is 4.35. The van der Waals surface area contributed by atoms with Gasteiger partial charge in [-0.2, -0.15) is 0 Å². The van der Waals surface area contributed by atoms with Gasteiger partial charge in [-0.25, -0.2) is 18.4 Å². The van der Waals surface area contributed by atoms with Gasteiger partial charge in [0.15, 0.2) is 0 Å². The number of benzene rings is 1. The van der Waals surface area contributed by atoms with Crippen LogP contribution in [0, 0.1) is 0 Å². The molecule has 0 fully saturated rings. The van der Waals surface area contributed by atoms with Crippen LogP contribution in [0.4, 0.5) is 0 Å². The van der Waals surface area contributed by atoms with Crippen LogP contribution in [0.3, 0.4) is 0 Å². The minimum Gasteiger partial charge on any atom is -0.462 e. The molecule has 1 aromatic rings. The van der Waals surface area contributed by atoms with Crippen LogP contribution in [0.15, 0.2) is 23.1 Å². The predicted octanol–water partition coefficient (Wildman–Crippen LogP) is 1.16. The lowest BCUT2D eigenvalue weighted by Crippen LogP contribution is -2.13. The highest BCUT2D eigenvalue weighted by Crippen LogP contribution is 2.18. The maximum Gasteiger partial charge on any atom is 0.338 e. The van der Waals surface area contributed by atoms with Crippen molar-refractivity contribution in [3.8, 4) is 0 Å². The van der Waals surface area contributed by atoms with Crippen molar-refractivity contribution < 1.29 is 17.9 Å². The zero-order valence-corrected chi connectivity index (χ0v) is 10.0. The molecule has 0 unspecified atom stereocenters. The molecule has 5 nitrogen and oxygen atoms in total. The average Bonchev–Trinajstić information content (AvgIpc) is 2.16. The van der Waals surface area contributed by atoms with Gasteiger partial charge in [0, 0.05) is 5.02 Å². The Morgan fingerprint density at radius 3 is 2.56 bits per heavy atom. The van der Waals surface area contributed by atoms with E-state index in [1.54, 1.807) is 6.92 Å². The third-order valence-electron chi connectivity index (χ3n) is 1.71. The van der Waals surface area contributed by atoms with Crippen LogP contribution in [-0.2, 0) is 14.8 Å². The van der Waals surface area contributed by atoms with Crippen molar-refractivity contribution >= 4 is 27.6 Å². The van der Waals surface area contributed by atoms with E-state index in [4.69, 9.17) is 21.5 Å². The molecule has 0 saturated carbocycles. The Morgan fingerprint density at radius 2 is 2.06 bits per heavy atom. The van der Waals surface area contributed by atoms with Gasteiger partial charge < -0.3 is 4.74 Å². The van der Waals surface area contributed by atoms with Crippen molar-refractivity contribution in [2.75, 3.05) is 6.61 Å². The lowest BCUT2D eigenvalue weighted by atomic mass is 10.2. The van der Waals surface area contributed by atoms with E-state index in [-0.39, 0.29) is 22.1 Å². The van der Waals surface area contributed by atoms with Gasteiger partial charge in [0.2, 0.25) is 10.0 Å². The first-order chi connectivity index (χ1) is 7.34. The molecule has 16 heavy (non-hydrogen) atoms. The second kappa shape index (κ2) is 4.82. The van der Waals surface area contributed by atoms with E-state index in [1.165, 1.54) is 12.1 Å². The molecule has 88 valence electrons. The molecular formula is C9H10ClNO4S. The number of hydrogen-bond donors (Lipinski definition) is 1. The average molecular weight is 264 g/mol. The highest BCUT2D eigenvalue weighted by molar-refractivity contribution is 7.89. The van der Waals surface area contributed by atoms with Crippen molar-refractivity contribution in [2.24, 2.45) is 5.14 Å². The molecule has 1 aromatic carbocycles. The van der Waals surface area contributed by atoms with Crippen molar-refractivity contribution in [2.45, 2.75) is 11.8 Å². The molecular weight excluding hydrogens is 254 g/mol. The molecule has 0 amide bonds. The normalized spacial score (nSPS) is 11.2. The Morgan fingerprint density at radius 1 is 1.44 bits per heavy atom. The molecule has 0 aliphatic rings. The summed E-state index contributed by atoms with van der Waals surface area (Å²) in [6.07, 6.45) is 0. The Bertz CT molecular complexity index is 512. The van der Waals surface area contributed by atoms with E-state index >= 15 is 0 Å². The first kappa shape index (κ1) is 13.0. The number of halogens is 1. The van der Waals surface area contributed by atoms with Crippen LogP contribution in [-0.4, -0.2) is 21.0 Å². The molecule has 7 heteroatoms. The lowest BCUT2D eigenvalue weighted by molar-refractivity contribution is 0.0526. The van der Waals surface area contributed by atoms with Gasteiger partial charge in [-0.15, -0.1) is 0 Å². The molecule has 1 rings (SSSR count). The Kier molecular flexibility index (Phi) is 3.90. The second-order valence-electron chi connectivity index (χ2n) is 2.94. The molecule has 0 bridgehead atoms. The molecule has 0 aliphatic carbocycles. The summed E-state index contributed by atoms with van der Waals surface area (Å²) in [7, 11) is -3.89. The Balaban J connectivity index is 3.24. The number of hydrogen-bond acceptors (Lipinski definition) is 4. The van der Waals surface area contributed by atoms with Gasteiger partial charge in [-0.3, -0.25) is 0 Å². The number of sulfonamides is 1. The third kappa shape index (κ3) is 3.19. The Hall–Kier alpha value is -1.11. The summed E-state index contributed by atoms with van der Waals surface area (Å²) in [5.74, 6) is -0.644. The molecule has 0 heterocycles. The standard InChI is InChI=1S/C9H10ClNO4S/c1-2-15-9(12)6-3-7(10)5-8(4-6)16(11,13)14/h3-5H,2H2,1H3,(H2,11,13,14). The van der Waals surface area contributed by atoms with E-state index in [0.717, 1.165) is 6.07 Å². The maximum atomic E-state index is 11.4. The summed E-state index contributed by atoms with van der Waals surface area (Å²) in [4.78, 5) is 11.1. The van der Waals surface area contributed by atoms with Crippen LogP contribution in [0.2, 0.25) is 5.02 Å². The number of nitrogens with two attached hydrogens (primary N) is 1. The van der Waals surface area contributed by atoms with E-state index in [9.17, 15) is 13.2 Å². The van der Waals surface area contributed by atoms with Crippen molar-refractivity contribution in [1.29, 1.82) is 0 Å². The number of carbonyl (C=O) groups is 1. The fourth-order valence-electron chi connectivity index (χ4n) is 1.06.